The number of carboxylic acids is 1. The van der Waals surface area contributed by atoms with Crippen LogP contribution in [0.3, 0.4) is 0 Å². The van der Waals surface area contributed by atoms with Crippen LogP contribution in [-0.2, 0) is 0 Å². The molecule has 1 heterocycles. The normalized spacial score (nSPS) is 9.83. The van der Waals surface area contributed by atoms with Gasteiger partial charge in [-0.05, 0) is 13.0 Å². The van der Waals surface area contributed by atoms with Gasteiger partial charge < -0.3 is 10.8 Å². The van der Waals surface area contributed by atoms with Crippen molar-refractivity contribution in [3.05, 3.63) is 22.5 Å². The Labute approximate surface area is 74.0 Å². The van der Waals surface area contributed by atoms with Crippen LogP contribution in [0.5, 0.6) is 0 Å². The lowest BCUT2D eigenvalue weighted by Crippen LogP contribution is -2.04. The molecule has 0 fully saturated rings. The highest BCUT2D eigenvalue weighted by Gasteiger charge is 2.11. The molecule has 0 amide bonds. The van der Waals surface area contributed by atoms with E-state index >= 15 is 0 Å². The van der Waals surface area contributed by atoms with E-state index in [1.807, 2.05) is 0 Å². The van der Waals surface area contributed by atoms with Gasteiger partial charge >= 0.3 is 5.97 Å². The fourth-order valence-electron chi connectivity index (χ4n) is 0.822. The lowest BCUT2D eigenvalue weighted by Gasteiger charge is -2.02. The van der Waals surface area contributed by atoms with Gasteiger partial charge in [0.15, 0.2) is 5.15 Å². The first-order valence-electron chi connectivity index (χ1n) is 3.18. The summed E-state index contributed by atoms with van der Waals surface area (Å²) in [6, 6.07) is 1.38. The zero-order valence-corrected chi connectivity index (χ0v) is 7.09. The van der Waals surface area contributed by atoms with Crippen molar-refractivity contribution in [1.29, 1.82) is 0 Å². The maximum Gasteiger partial charge on any atom is 0.337 e. The number of rotatable bonds is 1. The SMILES string of the molecule is Cc1cc(C(=O)O)c(N)c(Cl)n1. The summed E-state index contributed by atoms with van der Waals surface area (Å²) in [5.74, 6) is -1.10. The Hall–Kier alpha value is -1.29. The standard InChI is InChI=1S/C7H7ClN2O2/c1-3-2-4(7(11)12)5(9)6(8)10-3/h2H,9H2,1H3,(H,11,12). The summed E-state index contributed by atoms with van der Waals surface area (Å²) >= 11 is 5.56. The molecule has 5 heteroatoms. The van der Waals surface area contributed by atoms with Crippen LogP contribution in [0.2, 0.25) is 5.15 Å². The fraction of sp³-hybridized carbons (Fsp3) is 0.143. The smallest absolute Gasteiger partial charge is 0.337 e. The summed E-state index contributed by atoms with van der Waals surface area (Å²) in [7, 11) is 0. The zero-order valence-electron chi connectivity index (χ0n) is 6.34. The van der Waals surface area contributed by atoms with Gasteiger partial charge in [-0.25, -0.2) is 9.78 Å². The molecule has 1 aromatic heterocycles. The number of halogens is 1. The monoisotopic (exact) mass is 186 g/mol. The molecule has 0 aromatic carbocycles. The molecule has 0 aliphatic carbocycles. The number of carbonyl (C=O) groups is 1. The van der Waals surface area contributed by atoms with Crippen molar-refractivity contribution < 1.29 is 9.90 Å². The quantitative estimate of drug-likeness (QED) is 0.649. The van der Waals surface area contributed by atoms with Gasteiger partial charge in [-0.15, -0.1) is 0 Å². The number of pyridine rings is 1. The van der Waals surface area contributed by atoms with Crippen LogP contribution >= 0.6 is 11.6 Å². The Kier molecular flexibility index (Phi) is 2.19. The largest absolute Gasteiger partial charge is 0.478 e. The van der Waals surface area contributed by atoms with E-state index in [0.717, 1.165) is 0 Å². The third-order valence-corrected chi connectivity index (χ3v) is 1.66. The van der Waals surface area contributed by atoms with Crippen LogP contribution in [0, 0.1) is 6.92 Å². The van der Waals surface area contributed by atoms with E-state index in [-0.39, 0.29) is 16.4 Å². The van der Waals surface area contributed by atoms with E-state index in [9.17, 15) is 4.79 Å². The molecule has 1 aromatic rings. The van der Waals surface area contributed by atoms with Gasteiger partial charge in [-0.2, -0.15) is 0 Å². The van der Waals surface area contributed by atoms with E-state index in [1.54, 1.807) is 6.92 Å². The lowest BCUT2D eigenvalue weighted by molar-refractivity contribution is 0.0698. The van der Waals surface area contributed by atoms with E-state index in [1.165, 1.54) is 6.07 Å². The molecule has 0 aliphatic heterocycles. The number of aromatic nitrogens is 1. The van der Waals surface area contributed by atoms with Gasteiger partial charge in [0.05, 0.1) is 11.3 Å². The average molecular weight is 187 g/mol. The summed E-state index contributed by atoms with van der Waals surface area (Å²) in [6.07, 6.45) is 0. The average Bonchev–Trinajstić information content (AvgIpc) is 1.96. The number of aromatic carboxylic acids is 1. The number of aryl methyl sites for hydroxylation is 1. The van der Waals surface area contributed by atoms with Crippen molar-refractivity contribution in [3.8, 4) is 0 Å². The molecule has 0 saturated carbocycles. The highest BCUT2D eigenvalue weighted by Crippen LogP contribution is 2.21. The molecule has 0 unspecified atom stereocenters. The second kappa shape index (κ2) is 2.98. The van der Waals surface area contributed by atoms with E-state index < -0.39 is 5.97 Å². The van der Waals surface area contributed by atoms with Crippen molar-refractivity contribution in [2.45, 2.75) is 6.92 Å². The number of nitrogens with two attached hydrogens (primary N) is 1. The Morgan fingerprint density at radius 3 is 2.83 bits per heavy atom. The molecular formula is C7H7ClN2O2. The molecule has 0 spiro atoms. The van der Waals surface area contributed by atoms with E-state index in [0.29, 0.717) is 5.69 Å². The predicted molar refractivity (Wildman–Crippen MR) is 45.4 cm³/mol. The maximum absolute atomic E-state index is 10.6. The highest BCUT2D eigenvalue weighted by atomic mass is 35.5. The number of carboxylic acid groups (broad SMARTS) is 1. The van der Waals surface area contributed by atoms with Crippen molar-refractivity contribution >= 4 is 23.3 Å². The molecule has 0 aliphatic rings. The zero-order chi connectivity index (χ0) is 9.30. The van der Waals surface area contributed by atoms with Crippen LogP contribution < -0.4 is 5.73 Å². The minimum atomic E-state index is -1.10. The van der Waals surface area contributed by atoms with Crippen LogP contribution in [0.25, 0.3) is 0 Å². The third kappa shape index (κ3) is 1.48. The molecule has 64 valence electrons. The fourth-order valence-corrected chi connectivity index (χ4v) is 1.06. The second-order valence-electron chi connectivity index (χ2n) is 2.32. The Balaban J connectivity index is 3.37. The number of anilines is 1. The van der Waals surface area contributed by atoms with Gasteiger partial charge in [0, 0.05) is 5.69 Å². The first-order chi connectivity index (χ1) is 5.52. The van der Waals surface area contributed by atoms with Crippen LogP contribution in [0.1, 0.15) is 16.1 Å². The van der Waals surface area contributed by atoms with E-state index in [2.05, 4.69) is 4.98 Å². The maximum atomic E-state index is 10.6. The van der Waals surface area contributed by atoms with Crippen molar-refractivity contribution in [1.82, 2.24) is 4.98 Å². The molecule has 0 bridgehead atoms. The first kappa shape index (κ1) is 8.80. The summed E-state index contributed by atoms with van der Waals surface area (Å²) in [5.41, 5.74) is 5.91. The van der Waals surface area contributed by atoms with Crippen LogP contribution in [0.15, 0.2) is 6.07 Å². The van der Waals surface area contributed by atoms with Gasteiger partial charge in [0.2, 0.25) is 0 Å². The highest BCUT2D eigenvalue weighted by molar-refractivity contribution is 6.32. The van der Waals surface area contributed by atoms with Gasteiger partial charge in [-0.1, -0.05) is 11.6 Å². The van der Waals surface area contributed by atoms with Crippen LogP contribution in [-0.4, -0.2) is 16.1 Å². The predicted octanol–water partition coefficient (Wildman–Crippen LogP) is 1.32. The van der Waals surface area contributed by atoms with E-state index in [4.69, 9.17) is 22.4 Å². The minimum absolute atomic E-state index is 0.00694. The molecule has 3 N–H and O–H groups in total. The molecule has 1 rings (SSSR count). The van der Waals surface area contributed by atoms with Gasteiger partial charge in [-0.3, -0.25) is 0 Å². The number of nitrogen functional groups attached to an aromatic ring is 1. The number of nitrogens with zero attached hydrogens (tertiary/aromatic N) is 1. The molecule has 4 nitrogen and oxygen atoms in total. The van der Waals surface area contributed by atoms with Gasteiger partial charge in [0.25, 0.3) is 0 Å². The van der Waals surface area contributed by atoms with Crippen molar-refractivity contribution in [3.63, 3.8) is 0 Å². The Morgan fingerprint density at radius 1 is 1.75 bits per heavy atom. The Morgan fingerprint density at radius 2 is 2.33 bits per heavy atom. The number of hydrogen-bond donors (Lipinski definition) is 2. The molecular weight excluding hydrogens is 180 g/mol. The summed E-state index contributed by atoms with van der Waals surface area (Å²) in [4.78, 5) is 14.4. The molecule has 0 atom stereocenters. The summed E-state index contributed by atoms with van der Waals surface area (Å²) in [5, 5.41) is 8.68. The lowest BCUT2D eigenvalue weighted by atomic mass is 10.2. The Bertz CT molecular complexity index is 338. The third-order valence-electron chi connectivity index (χ3n) is 1.37. The van der Waals surface area contributed by atoms with Gasteiger partial charge in [0.1, 0.15) is 0 Å². The minimum Gasteiger partial charge on any atom is -0.478 e. The first-order valence-corrected chi connectivity index (χ1v) is 3.56. The second-order valence-corrected chi connectivity index (χ2v) is 2.68. The molecule has 12 heavy (non-hydrogen) atoms. The summed E-state index contributed by atoms with van der Waals surface area (Å²) < 4.78 is 0. The summed E-state index contributed by atoms with van der Waals surface area (Å²) in [6.45, 7) is 1.65. The number of hydrogen-bond acceptors (Lipinski definition) is 3. The van der Waals surface area contributed by atoms with Crippen LogP contribution in [0.4, 0.5) is 5.69 Å². The molecule has 0 saturated heterocycles. The van der Waals surface area contributed by atoms with Crippen molar-refractivity contribution in [2.24, 2.45) is 0 Å². The van der Waals surface area contributed by atoms with Crippen molar-refractivity contribution in [2.75, 3.05) is 5.73 Å². The molecule has 0 radical (unpaired) electrons. The topological polar surface area (TPSA) is 76.2 Å².